The van der Waals surface area contributed by atoms with Gasteiger partial charge in [0, 0.05) is 31.2 Å². The lowest BCUT2D eigenvalue weighted by Crippen LogP contribution is -2.37. The molecule has 0 spiro atoms. The number of anilines is 1. The fourth-order valence-corrected chi connectivity index (χ4v) is 3.73. The zero-order chi connectivity index (χ0) is 14.1. The summed E-state index contributed by atoms with van der Waals surface area (Å²) in [6.45, 7) is 4.69. The van der Waals surface area contributed by atoms with E-state index < -0.39 is 0 Å². The molecule has 110 valence electrons. The molecule has 5 nitrogen and oxygen atoms in total. The van der Waals surface area contributed by atoms with Gasteiger partial charge in [0.05, 0.1) is 11.8 Å². The fraction of sp³-hybridized carbons (Fsp3) is 0.643. The Morgan fingerprint density at radius 2 is 2.25 bits per heavy atom. The van der Waals surface area contributed by atoms with Crippen molar-refractivity contribution < 1.29 is 5.11 Å². The molecule has 1 saturated heterocycles. The summed E-state index contributed by atoms with van der Waals surface area (Å²) >= 11 is 1.68. The second kappa shape index (κ2) is 5.71. The van der Waals surface area contributed by atoms with Crippen LogP contribution in [0.5, 0.6) is 0 Å². The van der Waals surface area contributed by atoms with E-state index >= 15 is 0 Å². The monoisotopic (exact) mass is 294 g/mol. The Hall–Kier alpha value is -1.11. The molecule has 3 rings (SSSR count). The van der Waals surface area contributed by atoms with Crippen LogP contribution in [0.15, 0.2) is 11.6 Å². The zero-order valence-electron chi connectivity index (χ0n) is 12.0. The highest BCUT2D eigenvalue weighted by atomic mass is 32.1. The van der Waals surface area contributed by atoms with Crippen molar-refractivity contribution in [2.24, 2.45) is 5.92 Å². The maximum absolute atomic E-state index is 9.71. The molecule has 1 fully saturated rings. The Morgan fingerprint density at radius 3 is 2.90 bits per heavy atom. The lowest BCUT2D eigenvalue weighted by Gasteiger charge is -2.34. The van der Waals surface area contributed by atoms with Crippen molar-refractivity contribution in [3.63, 3.8) is 0 Å². The van der Waals surface area contributed by atoms with E-state index in [0.717, 1.165) is 43.3 Å². The average Bonchev–Trinajstić information content (AvgIpc) is 3.02. The minimum atomic E-state index is -0.195. The van der Waals surface area contributed by atoms with Gasteiger partial charge in [-0.25, -0.2) is 4.98 Å². The van der Waals surface area contributed by atoms with E-state index in [1.807, 2.05) is 14.0 Å². The Balaban J connectivity index is 1.83. The molecule has 1 aliphatic rings. The maximum Gasteiger partial charge on any atom is 0.195 e. The van der Waals surface area contributed by atoms with Crippen LogP contribution in [-0.2, 0) is 6.54 Å². The molecule has 0 radical (unpaired) electrons. The Bertz CT molecular complexity index is 569. The number of aliphatic hydroxyl groups is 1. The first-order chi connectivity index (χ1) is 9.70. The third-order valence-corrected chi connectivity index (χ3v) is 4.96. The van der Waals surface area contributed by atoms with Crippen LogP contribution in [0.1, 0.15) is 25.5 Å². The van der Waals surface area contributed by atoms with Crippen molar-refractivity contribution in [3.05, 3.63) is 17.3 Å². The van der Waals surface area contributed by atoms with Gasteiger partial charge in [0.1, 0.15) is 0 Å². The lowest BCUT2D eigenvalue weighted by atomic mass is 9.92. The van der Waals surface area contributed by atoms with Crippen molar-refractivity contribution in [1.29, 1.82) is 0 Å². The summed E-state index contributed by atoms with van der Waals surface area (Å²) in [5.74, 6) is 1.54. The Morgan fingerprint density at radius 1 is 1.50 bits per heavy atom. The first-order valence-corrected chi connectivity index (χ1v) is 8.10. The SMILES string of the molecule is CNCc1c(N2CCC(C(C)O)CC2)nc2sccn12. The molecule has 6 heteroatoms. The van der Waals surface area contributed by atoms with Crippen LogP contribution < -0.4 is 10.2 Å². The number of fused-ring (bicyclic) bond motifs is 1. The standard InChI is InChI=1S/C14H22N4OS/c1-10(19)11-3-5-17(6-4-11)13-12(9-15-2)18-7-8-20-14(18)16-13/h7-8,10-11,15,19H,3-6,9H2,1-2H3. The second-order valence-corrected chi connectivity index (χ2v) is 6.41. The molecule has 2 aromatic rings. The number of aliphatic hydroxyl groups excluding tert-OH is 1. The molecule has 3 heterocycles. The molecule has 1 atom stereocenters. The molecule has 1 aliphatic heterocycles. The van der Waals surface area contributed by atoms with Crippen LogP contribution in [0.2, 0.25) is 0 Å². The van der Waals surface area contributed by atoms with Crippen LogP contribution in [0, 0.1) is 5.92 Å². The van der Waals surface area contributed by atoms with Crippen LogP contribution >= 0.6 is 11.3 Å². The van der Waals surface area contributed by atoms with E-state index in [4.69, 9.17) is 4.98 Å². The fourth-order valence-electron chi connectivity index (χ4n) is 3.00. The van der Waals surface area contributed by atoms with E-state index in [-0.39, 0.29) is 6.10 Å². The molecule has 20 heavy (non-hydrogen) atoms. The van der Waals surface area contributed by atoms with E-state index in [9.17, 15) is 5.11 Å². The highest BCUT2D eigenvalue weighted by Crippen LogP contribution is 2.29. The van der Waals surface area contributed by atoms with E-state index in [0.29, 0.717) is 5.92 Å². The average molecular weight is 294 g/mol. The molecular formula is C14H22N4OS. The second-order valence-electron chi connectivity index (χ2n) is 5.53. The number of nitrogens with zero attached hydrogens (tertiary/aromatic N) is 3. The Kier molecular flexibility index (Phi) is 3.96. The summed E-state index contributed by atoms with van der Waals surface area (Å²) in [6.07, 6.45) is 3.98. The quantitative estimate of drug-likeness (QED) is 0.901. The summed E-state index contributed by atoms with van der Waals surface area (Å²) < 4.78 is 2.18. The number of rotatable bonds is 4. The molecule has 2 aromatic heterocycles. The van der Waals surface area contributed by atoms with Gasteiger partial charge >= 0.3 is 0 Å². The van der Waals surface area contributed by atoms with Crippen LogP contribution in [0.25, 0.3) is 4.96 Å². The van der Waals surface area contributed by atoms with Gasteiger partial charge in [0.15, 0.2) is 10.8 Å². The van der Waals surface area contributed by atoms with Crippen molar-refractivity contribution in [2.45, 2.75) is 32.4 Å². The molecule has 0 saturated carbocycles. The van der Waals surface area contributed by atoms with E-state index in [1.165, 1.54) is 5.69 Å². The van der Waals surface area contributed by atoms with E-state index in [1.54, 1.807) is 11.3 Å². The minimum Gasteiger partial charge on any atom is -0.393 e. The van der Waals surface area contributed by atoms with Gasteiger partial charge in [0.2, 0.25) is 0 Å². The van der Waals surface area contributed by atoms with Crippen molar-refractivity contribution in [1.82, 2.24) is 14.7 Å². The minimum absolute atomic E-state index is 0.195. The van der Waals surface area contributed by atoms with E-state index in [2.05, 4.69) is 26.2 Å². The molecule has 0 bridgehead atoms. The van der Waals surface area contributed by atoms with Gasteiger partial charge < -0.3 is 15.3 Å². The number of thiazole rings is 1. The molecular weight excluding hydrogens is 272 g/mol. The summed E-state index contributed by atoms with van der Waals surface area (Å²) in [5.41, 5.74) is 1.24. The highest BCUT2D eigenvalue weighted by molar-refractivity contribution is 7.15. The molecule has 1 unspecified atom stereocenters. The van der Waals surface area contributed by atoms with Gasteiger partial charge in [-0.05, 0) is 32.7 Å². The number of hydrogen-bond donors (Lipinski definition) is 2. The topological polar surface area (TPSA) is 52.8 Å². The highest BCUT2D eigenvalue weighted by Gasteiger charge is 2.26. The summed E-state index contributed by atoms with van der Waals surface area (Å²) in [7, 11) is 1.97. The molecule has 2 N–H and O–H groups in total. The number of hydrogen-bond acceptors (Lipinski definition) is 5. The number of nitrogens with one attached hydrogen (secondary N) is 1. The number of imidazole rings is 1. The Labute approximate surface area is 123 Å². The predicted molar refractivity (Wildman–Crippen MR) is 82.5 cm³/mol. The summed E-state index contributed by atoms with van der Waals surface area (Å²) in [5, 5.41) is 15.0. The van der Waals surface area contributed by atoms with Crippen molar-refractivity contribution in [2.75, 3.05) is 25.0 Å². The smallest absolute Gasteiger partial charge is 0.195 e. The van der Waals surface area contributed by atoms with Gasteiger partial charge in [0.25, 0.3) is 0 Å². The first kappa shape index (κ1) is 13.9. The molecule has 0 amide bonds. The molecule has 0 aliphatic carbocycles. The molecule has 0 aromatic carbocycles. The third kappa shape index (κ3) is 2.43. The predicted octanol–water partition coefficient (Wildman–Crippen LogP) is 1.71. The van der Waals surface area contributed by atoms with Gasteiger partial charge in [-0.3, -0.25) is 4.40 Å². The largest absolute Gasteiger partial charge is 0.393 e. The normalized spacial score (nSPS) is 18.9. The van der Waals surface area contributed by atoms with Crippen molar-refractivity contribution in [3.8, 4) is 0 Å². The number of piperidine rings is 1. The first-order valence-electron chi connectivity index (χ1n) is 7.22. The van der Waals surface area contributed by atoms with Crippen LogP contribution in [0.3, 0.4) is 0 Å². The van der Waals surface area contributed by atoms with Crippen LogP contribution in [0.4, 0.5) is 5.82 Å². The van der Waals surface area contributed by atoms with Gasteiger partial charge in [-0.15, -0.1) is 11.3 Å². The summed E-state index contributed by atoms with van der Waals surface area (Å²) in [4.78, 5) is 8.21. The lowest BCUT2D eigenvalue weighted by molar-refractivity contribution is 0.110. The maximum atomic E-state index is 9.71. The summed E-state index contributed by atoms with van der Waals surface area (Å²) in [6, 6.07) is 0. The zero-order valence-corrected chi connectivity index (χ0v) is 12.9. The van der Waals surface area contributed by atoms with Gasteiger partial charge in [-0.1, -0.05) is 0 Å². The third-order valence-electron chi connectivity index (χ3n) is 4.21. The van der Waals surface area contributed by atoms with Crippen LogP contribution in [-0.4, -0.2) is 40.7 Å². The number of aromatic nitrogens is 2. The van der Waals surface area contributed by atoms with Crippen molar-refractivity contribution >= 4 is 22.1 Å². The van der Waals surface area contributed by atoms with Gasteiger partial charge in [-0.2, -0.15) is 0 Å².